The first-order valence-corrected chi connectivity index (χ1v) is 6.95. The van der Waals surface area contributed by atoms with Crippen LogP contribution in [0.5, 0.6) is 5.75 Å². The molecule has 0 spiro atoms. The van der Waals surface area contributed by atoms with Gasteiger partial charge in [-0.15, -0.1) is 0 Å². The van der Waals surface area contributed by atoms with Gasteiger partial charge in [0.15, 0.2) is 0 Å². The standard InChI is InChI=1S/C14H16F4N2O/c15-11-7-9-12(20-4-2-19-3-5-20)1-6-21-13(9)8-10(11)14(16,17)18/h7-8,12,19H,1-6H2. The molecule has 7 heteroatoms. The molecule has 1 N–H and O–H groups in total. The van der Waals surface area contributed by atoms with E-state index in [2.05, 4.69) is 10.2 Å². The Morgan fingerprint density at radius 2 is 1.90 bits per heavy atom. The molecule has 2 heterocycles. The van der Waals surface area contributed by atoms with E-state index in [1.54, 1.807) is 0 Å². The highest BCUT2D eigenvalue weighted by atomic mass is 19.4. The molecule has 1 aromatic carbocycles. The maximum absolute atomic E-state index is 13.8. The Kier molecular flexibility index (Phi) is 3.79. The molecular formula is C14H16F4N2O. The van der Waals surface area contributed by atoms with Gasteiger partial charge in [0.2, 0.25) is 0 Å². The van der Waals surface area contributed by atoms with Crippen molar-refractivity contribution in [2.75, 3.05) is 32.8 Å². The average molecular weight is 304 g/mol. The van der Waals surface area contributed by atoms with E-state index in [-0.39, 0.29) is 11.8 Å². The van der Waals surface area contributed by atoms with Gasteiger partial charge in [0.1, 0.15) is 11.6 Å². The predicted octanol–water partition coefficient (Wildman–Crippen LogP) is 2.57. The van der Waals surface area contributed by atoms with Crippen molar-refractivity contribution in [1.29, 1.82) is 0 Å². The summed E-state index contributed by atoms with van der Waals surface area (Å²) < 4.78 is 57.4. The fourth-order valence-corrected chi connectivity index (χ4v) is 2.98. The maximum atomic E-state index is 13.8. The number of fused-ring (bicyclic) bond motifs is 1. The van der Waals surface area contributed by atoms with Gasteiger partial charge in [0, 0.05) is 44.2 Å². The average Bonchev–Trinajstić information content (AvgIpc) is 2.46. The minimum atomic E-state index is -4.70. The van der Waals surface area contributed by atoms with E-state index in [9.17, 15) is 17.6 Å². The summed E-state index contributed by atoms with van der Waals surface area (Å²) in [6.45, 7) is 3.61. The minimum absolute atomic E-state index is 0.0763. The zero-order valence-corrected chi connectivity index (χ0v) is 11.3. The summed E-state index contributed by atoms with van der Waals surface area (Å²) in [4.78, 5) is 2.17. The van der Waals surface area contributed by atoms with Gasteiger partial charge in [0.05, 0.1) is 12.2 Å². The van der Waals surface area contributed by atoms with Gasteiger partial charge < -0.3 is 10.1 Å². The molecular weight excluding hydrogens is 288 g/mol. The van der Waals surface area contributed by atoms with Crippen LogP contribution in [0.1, 0.15) is 23.6 Å². The lowest BCUT2D eigenvalue weighted by Gasteiger charge is -2.38. The quantitative estimate of drug-likeness (QED) is 0.807. The number of rotatable bonds is 1. The highest BCUT2D eigenvalue weighted by molar-refractivity contribution is 5.43. The van der Waals surface area contributed by atoms with Crippen LogP contribution in [-0.4, -0.2) is 37.7 Å². The van der Waals surface area contributed by atoms with E-state index in [0.717, 1.165) is 38.3 Å². The largest absolute Gasteiger partial charge is 0.493 e. The van der Waals surface area contributed by atoms with Crippen molar-refractivity contribution < 1.29 is 22.3 Å². The molecule has 0 aliphatic carbocycles. The molecule has 0 aromatic heterocycles. The van der Waals surface area contributed by atoms with E-state index in [1.807, 2.05) is 0 Å². The molecule has 21 heavy (non-hydrogen) atoms. The summed E-state index contributed by atoms with van der Waals surface area (Å²) in [6, 6.07) is 1.70. The fourth-order valence-electron chi connectivity index (χ4n) is 2.98. The molecule has 2 aliphatic rings. The minimum Gasteiger partial charge on any atom is -0.493 e. The van der Waals surface area contributed by atoms with Crippen LogP contribution in [-0.2, 0) is 6.18 Å². The van der Waals surface area contributed by atoms with Crippen molar-refractivity contribution >= 4 is 0 Å². The summed E-state index contributed by atoms with van der Waals surface area (Å²) >= 11 is 0. The van der Waals surface area contributed by atoms with Gasteiger partial charge in [-0.05, 0) is 12.1 Å². The Hall–Kier alpha value is -1.34. The SMILES string of the molecule is Fc1cc2c(cc1C(F)(F)F)OCCC2N1CCNCC1. The summed E-state index contributed by atoms with van der Waals surface area (Å²) in [6.07, 6.45) is -4.04. The maximum Gasteiger partial charge on any atom is 0.419 e. The van der Waals surface area contributed by atoms with Crippen LogP contribution >= 0.6 is 0 Å². The van der Waals surface area contributed by atoms with Crippen LogP contribution < -0.4 is 10.1 Å². The van der Waals surface area contributed by atoms with Gasteiger partial charge in [-0.2, -0.15) is 13.2 Å². The van der Waals surface area contributed by atoms with Gasteiger partial charge in [-0.25, -0.2) is 4.39 Å². The summed E-state index contributed by atoms with van der Waals surface area (Å²) in [5.74, 6) is -1.08. The highest BCUT2D eigenvalue weighted by Crippen LogP contribution is 2.41. The van der Waals surface area contributed by atoms with Gasteiger partial charge in [0.25, 0.3) is 0 Å². The van der Waals surface area contributed by atoms with Crippen molar-refractivity contribution in [3.05, 3.63) is 29.1 Å². The molecule has 2 aliphatic heterocycles. The number of hydrogen-bond donors (Lipinski definition) is 1. The summed E-state index contributed by atoms with van der Waals surface area (Å²) in [5.41, 5.74) is -0.740. The van der Waals surface area contributed by atoms with E-state index in [0.29, 0.717) is 18.6 Å². The van der Waals surface area contributed by atoms with Crippen LogP contribution in [0.3, 0.4) is 0 Å². The van der Waals surface area contributed by atoms with Gasteiger partial charge >= 0.3 is 6.18 Å². The van der Waals surface area contributed by atoms with Crippen LogP contribution in [0.15, 0.2) is 12.1 Å². The number of ether oxygens (including phenoxy) is 1. The van der Waals surface area contributed by atoms with E-state index in [1.165, 1.54) is 0 Å². The number of benzene rings is 1. The van der Waals surface area contributed by atoms with E-state index < -0.39 is 17.6 Å². The van der Waals surface area contributed by atoms with Crippen LogP contribution in [0, 0.1) is 5.82 Å². The molecule has 0 amide bonds. The van der Waals surface area contributed by atoms with Crippen molar-refractivity contribution in [3.63, 3.8) is 0 Å². The van der Waals surface area contributed by atoms with Crippen molar-refractivity contribution in [1.82, 2.24) is 10.2 Å². The third-order valence-electron chi connectivity index (χ3n) is 4.01. The Labute approximate surface area is 119 Å². The second kappa shape index (κ2) is 5.46. The Balaban J connectivity index is 1.96. The second-order valence-corrected chi connectivity index (χ2v) is 5.31. The number of hydrogen-bond acceptors (Lipinski definition) is 3. The third-order valence-corrected chi connectivity index (χ3v) is 4.01. The molecule has 0 radical (unpaired) electrons. The molecule has 1 fully saturated rings. The number of nitrogens with zero attached hydrogens (tertiary/aromatic N) is 1. The van der Waals surface area contributed by atoms with Crippen LogP contribution in [0.4, 0.5) is 17.6 Å². The number of halogens is 4. The molecule has 0 saturated carbocycles. The molecule has 1 unspecified atom stereocenters. The van der Waals surface area contributed by atoms with Crippen LogP contribution in [0.25, 0.3) is 0 Å². The molecule has 3 nitrogen and oxygen atoms in total. The van der Waals surface area contributed by atoms with Crippen molar-refractivity contribution in [2.45, 2.75) is 18.6 Å². The summed E-state index contributed by atoms with van der Waals surface area (Å²) in [7, 11) is 0. The zero-order chi connectivity index (χ0) is 15.0. The molecule has 0 bridgehead atoms. The van der Waals surface area contributed by atoms with E-state index >= 15 is 0 Å². The molecule has 3 rings (SSSR count). The zero-order valence-electron chi connectivity index (χ0n) is 11.3. The smallest absolute Gasteiger partial charge is 0.419 e. The lowest BCUT2D eigenvalue weighted by Crippen LogP contribution is -2.46. The first-order chi connectivity index (χ1) is 9.97. The molecule has 116 valence electrons. The Bertz CT molecular complexity index is 526. The molecule has 1 atom stereocenters. The first-order valence-electron chi connectivity index (χ1n) is 6.95. The second-order valence-electron chi connectivity index (χ2n) is 5.31. The lowest BCUT2D eigenvalue weighted by atomic mass is 9.96. The van der Waals surface area contributed by atoms with E-state index in [4.69, 9.17) is 4.74 Å². The number of nitrogens with one attached hydrogen (secondary N) is 1. The van der Waals surface area contributed by atoms with Gasteiger partial charge in [-0.3, -0.25) is 4.90 Å². The molecule has 1 saturated heterocycles. The third kappa shape index (κ3) is 2.85. The van der Waals surface area contributed by atoms with Gasteiger partial charge in [-0.1, -0.05) is 0 Å². The fraction of sp³-hybridized carbons (Fsp3) is 0.571. The van der Waals surface area contributed by atoms with Crippen molar-refractivity contribution in [3.8, 4) is 5.75 Å². The molecule has 1 aromatic rings. The lowest BCUT2D eigenvalue weighted by molar-refractivity contribution is -0.140. The highest BCUT2D eigenvalue weighted by Gasteiger charge is 2.37. The monoisotopic (exact) mass is 304 g/mol. The topological polar surface area (TPSA) is 24.5 Å². The number of piperazine rings is 1. The normalized spacial score (nSPS) is 23.5. The van der Waals surface area contributed by atoms with Crippen molar-refractivity contribution in [2.24, 2.45) is 0 Å². The predicted molar refractivity (Wildman–Crippen MR) is 68.7 cm³/mol. The first kappa shape index (κ1) is 14.6. The summed E-state index contributed by atoms with van der Waals surface area (Å²) in [5, 5.41) is 3.22. The Morgan fingerprint density at radius 1 is 1.19 bits per heavy atom. The number of alkyl halides is 3. The van der Waals surface area contributed by atoms with Crippen LogP contribution in [0.2, 0.25) is 0 Å². The Morgan fingerprint density at radius 3 is 2.57 bits per heavy atom.